The van der Waals surface area contributed by atoms with Crippen molar-refractivity contribution in [2.24, 2.45) is 5.92 Å². The van der Waals surface area contributed by atoms with Gasteiger partial charge in [0.15, 0.2) is 11.0 Å². The molecule has 0 amide bonds. The lowest BCUT2D eigenvalue weighted by Crippen LogP contribution is -2.29. The van der Waals surface area contributed by atoms with E-state index in [1.807, 2.05) is 0 Å². The molecule has 18 heavy (non-hydrogen) atoms. The molecular formula is C12H20ClN5. The van der Waals surface area contributed by atoms with Crippen molar-refractivity contribution in [2.45, 2.75) is 26.3 Å². The van der Waals surface area contributed by atoms with E-state index >= 15 is 0 Å². The smallest absolute Gasteiger partial charge is 0.157 e. The number of nitrogens with two attached hydrogens (primary N) is 1. The maximum atomic E-state index is 5.85. The molecule has 2 heterocycles. The van der Waals surface area contributed by atoms with Crippen LogP contribution in [-0.2, 0) is 0 Å². The van der Waals surface area contributed by atoms with Crippen molar-refractivity contribution in [2.75, 3.05) is 30.7 Å². The third-order valence-corrected chi connectivity index (χ3v) is 3.74. The molecule has 1 aliphatic rings. The Bertz CT molecular complexity index is 409. The van der Waals surface area contributed by atoms with Crippen LogP contribution in [0.3, 0.4) is 0 Å². The van der Waals surface area contributed by atoms with Gasteiger partial charge in [-0.2, -0.15) is 0 Å². The highest BCUT2D eigenvalue weighted by molar-refractivity contribution is 6.32. The molecule has 1 aromatic rings. The lowest BCUT2D eigenvalue weighted by atomic mass is 10.1. The van der Waals surface area contributed by atoms with Gasteiger partial charge in [-0.25, -0.2) is 9.97 Å². The van der Waals surface area contributed by atoms with E-state index in [2.05, 4.69) is 34.0 Å². The van der Waals surface area contributed by atoms with Crippen molar-refractivity contribution in [3.63, 3.8) is 0 Å². The SMILES string of the molecule is CC(C)N1CCC(CNc2ncnc(Cl)c2N)C1. The number of nitrogens with zero attached hydrogens (tertiary/aromatic N) is 3. The van der Waals surface area contributed by atoms with E-state index in [1.54, 1.807) is 0 Å². The summed E-state index contributed by atoms with van der Waals surface area (Å²) in [5.74, 6) is 1.28. The van der Waals surface area contributed by atoms with Gasteiger partial charge in [0.2, 0.25) is 0 Å². The van der Waals surface area contributed by atoms with Crippen LogP contribution < -0.4 is 11.1 Å². The van der Waals surface area contributed by atoms with Crippen LogP contribution in [0, 0.1) is 5.92 Å². The topological polar surface area (TPSA) is 67.1 Å². The zero-order valence-electron chi connectivity index (χ0n) is 10.9. The molecular weight excluding hydrogens is 250 g/mol. The highest BCUT2D eigenvalue weighted by Crippen LogP contribution is 2.24. The standard InChI is InChI=1S/C12H20ClN5/c1-8(2)18-4-3-9(6-18)5-15-12-10(14)11(13)16-7-17-12/h7-9H,3-6,14H2,1-2H3,(H,15,16,17). The minimum atomic E-state index is 0.308. The van der Waals surface area contributed by atoms with Crippen LogP contribution in [0.2, 0.25) is 5.15 Å². The van der Waals surface area contributed by atoms with E-state index in [0.717, 1.165) is 13.1 Å². The summed E-state index contributed by atoms with van der Waals surface area (Å²) in [7, 11) is 0. The fourth-order valence-electron chi connectivity index (χ4n) is 2.25. The average molecular weight is 270 g/mol. The molecule has 1 aliphatic heterocycles. The predicted molar refractivity (Wildman–Crippen MR) is 74.8 cm³/mol. The molecule has 2 rings (SSSR count). The molecule has 1 unspecified atom stereocenters. The Labute approximate surface area is 113 Å². The second-order valence-electron chi connectivity index (χ2n) is 5.05. The van der Waals surface area contributed by atoms with Gasteiger partial charge in [-0.15, -0.1) is 0 Å². The van der Waals surface area contributed by atoms with Gasteiger partial charge in [-0.05, 0) is 32.7 Å². The normalized spacial score (nSPS) is 20.6. The highest BCUT2D eigenvalue weighted by Gasteiger charge is 2.24. The molecule has 0 spiro atoms. The van der Waals surface area contributed by atoms with E-state index in [9.17, 15) is 0 Å². The Kier molecular flexibility index (Phi) is 4.24. The quantitative estimate of drug-likeness (QED) is 0.817. The maximum Gasteiger partial charge on any atom is 0.157 e. The first-order valence-corrected chi connectivity index (χ1v) is 6.69. The lowest BCUT2D eigenvalue weighted by molar-refractivity contribution is 0.266. The van der Waals surface area contributed by atoms with Crippen LogP contribution in [0.4, 0.5) is 11.5 Å². The van der Waals surface area contributed by atoms with Crippen molar-refractivity contribution in [1.82, 2.24) is 14.9 Å². The van der Waals surface area contributed by atoms with E-state index in [1.165, 1.54) is 19.3 Å². The largest absolute Gasteiger partial charge is 0.393 e. The number of halogens is 1. The van der Waals surface area contributed by atoms with Crippen molar-refractivity contribution in [1.29, 1.82) is 0 Å². The maximum absolute atomic E-state index is 5.85. The van der Waals surface area contributed by atoms with Crippen molar-refractivity contribution in [3.8, 4) is 0 Å². The van der Waals surface area contributed by atoms with E-state index < -0.39 is 0 Å². The number of rotatable bonds is 4. The van der Waals surface area contributed by atoms with Gasteiger partial charge in [0, 0.05) is 19.1 Å². The fourth-order valence-corrected chi connectivity index (χ4v) is 2.39. The number of nitrogens with one attached hydrogen (secondary N) is 1. The van der Waals surface area contributed by atoms with Gasteiger partial charge in [-0.3, -0.25) is 0 Å². The number of anilines is 2. The summed E-state index contributed by atoms with van der Waals surface area (Å²) in [5.41, 5.74) is 6.24. The molecule has 1 fully saturated rings. The highest BCUT2D eigenvalue weighted by atomic mass is 35.5. The Balaban J connectivity index is 1.87. The summed E-state index contributed by atoms with van der Waals surface area (Å²) in [4.78, 5) is 10.4. The van der Waals surface area contributed by atoms with E-state index in [-0.39, 0.29) is 0 Å². The number of hydrogen-bond acceptors (Lipinski definition) is 5. The minimum Gasteiger partial charge on any atom is -0.393 e. The molecule has 1 aromatic heterocycles. The molecule has 0 bridgehead atoms. The molecule has 5 nitrogen and oxygen atoms in total. The van der Waals surface area contributed by atoms with Crippen LogP contribution in [0.15, 0.2) is 6.33 Å². The Morgan fingerprint density at radius 1 is 1.56 bits per heavy atom. The summed E-state index contributed by atoms with van der Waals surface area (Å²) in [6, 6.07) is 0.619. The van der Waals surface area contributed by atoms with Crippen LogP contribution in [0.25, 0.3) is 0 Å². The van der Waals surface area contributed by atoms with Gasteiger partial charge in [0.25, 0.3) is 0 Å². The Hall–Kier alpha value is -1.07. The second kappa shape index (κ2) is 5.71. The molecule has 3 N–H and O–H groups in total. The van der Waals surface area contributed by atoms with E-state index in [4.69, 9.17) is 17.3 Å². The molecule has 1 atom stereocenters. The summed E-state index contributed by atoms with van der Waals surface area (Å²) in [6.45, 7) is 7.64. The van der Waals surface area contributed by atoms with Gasteiger partial charge in [0.1, 0.15) is 12.0 Å². The predicted octanol–water partition coefficient (Wildman–Crippen LogP) is 1.85. The third-order valence-electron chi connectivity index (χ3n) is 3.44. The number of aromatic nitrogens is 2. The van der Waals surface area contributed by atoms with E-state index in [0.29, 0.717) is 28.6 Å². The van der Waals surface area contributed by atoms with Crippen molar-refractivity contribution < 1.29 is 0 Å². The summed E-state index contributed by atoms with van der Waals surface area (Å²) in [5, 5.41) is 3.58. The average Bonchev–Trinajstić information content (AvgIpc) is 2.80. The first-order valence-electron chi connectivity index (χ1n) is 6.31. The van der Waals surface area contributed by atoms with Gasteiger partial charge in [-0.1, -0.05) is 11.6 Å². The lowest BCUT2D eigenvalue weighted by Gasteiger charge is -2.20. The second-order valence-corrected chi connectivity index (χ2v) is 5.41. The van der Waals surface area contributed by atoms with Crippen molar-refractivity contribution >= 4 is 23.1 Å². The molecule has 0 saturated carbocycles. The molecule has 0 radical (unpaired) electrons. The zero-order valence-corrected chi connectivity index (χ0v) is 11.6. The minimum absolute atomic E-state index is 0.308. The van der Waals surface area contributed by atoms with Crippen LogP contribution in [-0.4, -0.2) is 40.5 Å². The van der Waals surface area contributed by atoms with Gasteiger partial charge >= 0.3 is 0 Å². The number of nitrogen functional groups attached to an aromatic ring is 1. The molecule has 100 valence electrons. The fraction of sp³-hybridized carbons (Fsp3) is 0.667. The van der Waals surface area contributed by atoms with Gasteiger partial charge < -0.3 is 16.0 Å². The summed E-state index contributed by atoms with van der Waals surface area (Å²) in [6.07, 6.45) is 2.64. The van der Waals surface area contributed by atoms with Crippen molar-refractivity contribution in [3.05, 3.63) is 11.5 Å². The van der Waals surface area contributed by atoms with Crippen LogP contribution in [0.5, 0.6) is 0 Å². The monoisotopic (exact) mass is 269 g/mol. The Morgan fingerprint density at radius 3 is 3.00 bits per heavy atom. The number of hydrogen-bond donors (Lipinski definition) is 2. The molecule has 1 saturated heterocycles. The molecule has 6 heteroatoms. The van der Waals surface area contributed by atoms with Gasteiger partial charge in [0.05, 0.1) is 0 Å². The Morgan fingerprint density at radius 2 is 2.33 bits per heavy atom. The summed E-state index contributed by atoms with van der Waals surface area (Å²) < 4.78 is 0. The first kappa shape index (κ1) is 13.4. The zero-order chi connectivity index (χ0) is 13.1. The third kappa shape index (κ3) is 3.03. The first-order chi connectivity index (χ1) is 8.58. The molecule has 0 aromatic carbocycles. The number of likely N-dealkylation sites (tertiary alicyclic amines) is 1. The summed E-state index contributed by atoms with van der Waals surface area (Å²) >= 11 is 5.85. The van der Waals surface area contributed by atoms with Crippen LogP contribution in [0.1, 0.15) is 20.3 Å². The molecule has 0 aliphatic carbocycles. The van der Waals surface area contributed by atoms with Crippen LogP contribution >= 0.6 is 11.6 Å².